The van der Waals surface area contributed by atoms with Gasteiger partial charge >= 0.3 is 0 Å². The highest BCUT2D eigenvalue weighted by atomic mass is 19.3. The molecule has 0 aliphatic heterocycles. The maximum atomic E-state index is 12.1. The second-order valence-electron chi connectivity index (χ2n) is 2.46. The molecule has 0 aromatic heterocycles. The molecule has 0 aromatic rings. The zero-order valence-corrected chi connectivity index (χ0v) is 4.96. The van der Waals surface area contributed by atoms with Crippen LogP contribution < -0.4 is 5.32 Å². The molecule has 3 heteroatoms. The van der Waals surface area contributed by atoms with E-state index < -0.39 is 11.5 Å². The van der Waals surface area contributed by atoms with E-state index in [1.54, 1.807) is 7.05 Å². The lowest BCUT2D eigenvalue weighted by atomic mass is 10.3. The third-order valence-corrected chi connectivity index (χ3v) is 1.81. The molecular formula is C5H9F2N. The van der Waals surface area contributed by atoms with Crippen molar-refractivity contribution in [2.75, 3.05) is 7.05 Å². The Balaban J connectivity index is 2.55. The number of nitrogens with one attached hydrogen (secondary N) is 1. The van der Waals surface area contributed by atoms with Gasteiger partial charge in [0.2, 0.25) is 0 Å². The molecule has 0 radical (unpaired) electrons. The fourth-order valence-electron chi connectivity index (χ4n) is 0.671. The summed E-state index contributed by atoms with van der Waals surface area (Å²) >= 11 is 0. The van der Waals surface area contributed by atoms with Crippen molar-refractivity contribution in [3.8, 4) is 0 Å². The van der Waals surface area contributed by atoms with E-state index in [2.05, 4.69) is 5.32 Å². The van der Waals surface area contributed by atoms with E-state index in [9.17, 15) is 8.78 Å². The van der Waals surface area contributed by atoms with Gasteiger partial charge in [-0.25, -0.2) is 8.78 Å². The van der Waals surface area contributed by atoms with Crippen LogP contribution in [0.2, 0.25) is 0 Å². The summed E-state index contributed by atoms with van der Waals surface area (Å²) in [4.78, 5) is 0. The van der Waals surface area contributed by atoms with E-state index in [1.807, 2.05) is 0 Å². The molecule has 0 aromatic carbocycles. The molecule has 1 atom stereocenters. The average molecular weight is 121 g/mol. The molecule has 0 saturated heterocycles. The Bertz CT molecular complexity index is 113. The first-order valence-corrected chi connectivity index (χ1v) is 2.59. The molecule has 1 rings (SSSR count). The number of hydrogen-bond donors (Lipinski definition) is 1. The number of hydrogen-bond acceptors (Lipinski definition) is 1. The van der Waals surface area contributed by atoms with Crippen LogP contribution in [-0.4, -0.2) is 18.5 Å². The van der Waals surface area contributed by atoms with Gasteiger partial charge in [-0.05, 0) is 14.0 Å². The molecule has 0 spiro atoms. The monoisotopic (exact) mass is 121 g/mol. The Morgan fingerprint density at radius 1 is 1.50 bits per heavy atom. The molecule has 1 aliphatic rings. The third-order valence-electron chi connectivity index (χ3n) is 1.81. The van der Waals surface area contributed by atoms with Gasteiger partial charge in [-0.3, -0.25) is 0 Å². The third kappa shape index (κ3) is 0.540. The van der Waals surface area contributed by atoms with Crippen molar-refractivity contribution in [1.29, 1.82) is 0 Å². The zero-order valence-electron chi connectivity index (χ0n) is 4.96. The molecular weight excluding hydrogens is 112 g/mol. The summed E-state index contributed by atoms with van der Waals surface area (Å²) in [5.74, 6) is -2.46. The van der Waals surface area contributed by atoms with E-state index in [-0.39, 0.29) is 6.42 Å². The lowest BCUT2D eigenvalue weighted by Gasteiger charge is -2.05. The van der Waals surface area contributed by atoms with Gasteiger partial charge in [-0.2, -0.15) is 0 Å². The summed E-state index contributed by atoms with van der Waals surface area (Å²) in [6, 6.07) is 0. The lowest BCUT2D eigenvalue weighted by Crippen LogP contribution is -2.29. The summed E-state index contributed by atoms with van der Waals surface area (Å²) in [5, 5.41) is 2.56. The van der Waals surface area contributed by atoms with Crippen LogP contribution in [0.1, 0.15) is 13.3 Å². The van der Waals surface area contributed by atoms with Crippen molar-refractivity contribution in [2.24, 2.45) is 0 Å². The summed E-state index contributed by atoms with van der Waals surface area (Å²) in [7, 11) is 1.56. The molecule has 1 unspecified atom stereocenters. The van der Waals surface area contributed by atoms with Gasteiger partial charge in [0.1, 0.15) is 0 Å². The first-order valence-electron chi connectivity index (χ1n) is 2.59. The van der Waals surface area contributed by atoms with Crippen molar-refractivity contribution >= 4 is 0 Å². The number of alkyl halides is 2. The van der Waals surface area contributed by atoms with Crippen LogP contribution in [0, 0.1) is 0 Å². The normalized spacial score (nSPS) is 42.0. The van der Waals surface area contributed by atoms with Crippen LogP contribution in [0.25, 0.3) is 0 Å². The van der Waals surface area contributed by atoms with Crippen molar-refractivity contribution in [3.63, 3.8) is 0 Å². The van der Waals surface area contributed by atoms with E-state index in [4.69, 9.17) is 0 Å². The minimum atomic E-state index is -2.46. The molecule has 0 bridgehead atoms. The van der Waals surface area contributed by atoms with Crippen molar-refractivity contribution in [1.82, 2.24) is 5.32 Å². The highest BCUT2D eigenvalue weighted by Crippen LogP contribution is 2.51. The predicted molar refractivity (Wildman–Crippen MR) is 27.0 cm³/mol. The van der Waals surface area contributed by atoms with Crippen LogP contribution in [0.5, 0.6) is 0 Å². The van der Waals surface area contributed by atoms with Crippen molar-refractivity contribution < 1.29 is 8.78 Å². The van der Waals surface area contributed by atoms with Crippen LogP contribution in [0.3, 0.4) is 0 Å². The van der Waals surface area contributed by atoms with Crippen LogP contribution in [0.4, 0.5) is 8.78 Å². The molecule has 1 fully saturated rings. The van der Waals surface area contributed by atoms with E-state index >= 15 is 0 Å². The Labute approximate surface area is 47.1 Å². The number of halogens is 2. The Morgan fingerprint density at radius 2 is 1.88 bits per heavy atom. The molecule has 0 amide bonds. The van der Waals surface area contributed by atoms with Gasteiger partial charge in [-0.1, -0.05) is 0 Å². The van der Waals surface area contributed by atoms with Gasteiger partial charge in [0.05, 0.1) is 5.54 Å². The molecule has 48 valence electrons. The molecule has 1 aliphatic carbocycles. The molecule has 0 heterocycles. The van der Waals surface area contributed by atoms with E-state index in [1.165, 1.54) is 6.92 Å². The minimum Gasteiger partial charge on any atom is -0.309 e. The Morgan fingerprint density at radius 3 is 1.88 bits per heavy atom. The molecule has 1 saturated carbocycles. The van der Waals surface area contributed by atoms with Gasteiger partial charge < -0.3 is 5.32 Å². The molecule has 8 heavy (non-hydrogen) atoms. The van der Waals surface area contributed by atoms with Crippen LogP contribution >= 0.6 is 0 Å². The molecule has 1 nitrogen and oxygen atoms in total. The SMILES string of the molecule is CNC1(C)CC1(F)F. The largest absolute Gasteiger partial charge is 0.309 e. The quantitative estimate of drug-likeness (QED) is 0.545. The first kappa shape index (κ1) is 5.95. The first-order chi connectivity index (χ1) is 3.52. The highest BCUT2D eigenvalue weighted by molar-refractivity contribution is 5.14. The average Bonchev–Trinajstić information content (AvgIpc) is 2.10. The van der Waals surface area contributed by atoms with E-state index in [0.29, 0.717) is 0 Å². The Kier molecular flexibility index (Phi) is 0.899. The second kappa shape index (κ2) is 1.21. The van der Waals surface area contributed by atoms with E-state index in [0.717, 1.165) is 0 Å². The zero-order chi connectivity index (χ0) is 6.41. The van der Waals surface area contributed by atoms with Crippen LogP contribution in [0.15, 0.2) is 0 Å². The lowest BCUT2D eigenvalue weighted by molar-refractivity contribution is 0.0859. The van der Waals surface area contributed by atoms with Gasteiger partial charge in [-0.15, -0.1) is 0 Å². The van der Waals surface area contributed by atoms with Crippen LogP contribution in [-0.2, 0) is 0 Å². The van der Waals surface area contributed by atoms with Gasteiger partial charge in [0, 0.05) is 6.42 Å². The minimum absolute atomic E-state index is 0.0174. The maximum Gasteiger partial charge on any atom is 0.267 e. The highest BCUT2D eigenvalue weighted by Gasteiger charge is 2.67. The maximum absolute atomic E-state index is 12.1. The van der Waals surface area contributed by atoms with Crippen molar-refractivity contribution in [2.45, 2.75) is 24.8 Å². The molecule has 1 N–H and O–H groups in total. The smallest absolute Gasteiger partial charge is 0.267 e. The summed E-state index contributed by atoms with van der Waals surface area (Å²) < 4.78 is 24.2. The predicted octanol–water partition coefficient (Wildman–Crippen LogP) is 1.00. The number of rotatable bonds is 1. The standard InChI is InChI=1S/C5H9F2N/c1-4(8-2)3-5(4,6)7/h8H,3H2,1-2H3. The summed E-state index contributed by atoms with van der Waals surface area (Å²) in [5.41, 5.74) is -0.896. The van der Waals surface area contributed by atoms with Gasteiger partial charge in [0.25, 0.3) is 5.92 Å². The van der Waals surface area contributed by atoms with Crippen molar-refractivity contribution in [3.05, 3.63) is 0 Å². The van der Waals surface area contributed by atoms with Gasteiger partial charge in [0.15, 0.2) is 0 Å². The Hall–Kier alpha value is -0.180. The fraction of sp³-hybridized carbons (Fsp3) is 1.00. The summed E-state index contributed by atoms with van der Waals surface area (Å²) in [6.07, 6.45) is -0.0174. The fourth-order valence-corrected chi connectivity index (χ4v) is 0.671. The summed E-state index contributed by atoms with van der Waals surface area (Å²) in [6.45, 7) is 1.52. The topological polar surface area (TPSA) is 12.0 Å². The second-order valence-corrected chi connectivity index (χ2v) is 2.46.